The molecule has 2 fully saturated rings. The third-order valence-electron chi connectivity index (χ3n) is 7.81. The Morgan fingerprint density at radius 3 is 2.40 bits per heavy atom. The van der Waals surface area contributed by atoms with Crippen molar-refractivity contribution in [1.29, 1.82) is 0 Å². The van der Waals surface area contributed by atoms with Crippen LogP contribution in [0.15, 0.2) is 65.8 Å². The van der Waals surface area contributed by atoms with Crippen LogP contribution in [0.2, 0.25) is 0 Å². The van der Waals surface area contributed by atoms with Gasteiger partial charge in [-0.2, -0.15) is 13.2 Å². The highest BCUT2D eigenvalue weighted by molar-refractivity contribution is 7.91. The van der Waals surface area contributed by atoms with Crippen molar-refractivity contribution in [3.63, 3.8) is 0 Å². The Hall–Kier alpha value is -3.55. The molecular formula is C30H33F3N4O5S. The molecule has 3 atom stereocenters. The van der Waals surface area contributed by atoms with Crippen molar-refractivity contribution in [3.05, 3.63) is 83.2 Å². The molecule has 1 amide bonds. The predicted octanol–water partition coefficient (Wildman–Crippen LogP) is 4.39. The number of amides is 1. The fourth-order valence-electron chi connectivity index (χ4n) is 5.25. The van der Waals surface area contributed by atoms with Crippen LogP contribution >= 0.6 is 0 Å². The van der Waals surface area contributed by atoms with E-state index >= 15 is 0 Å². The molecule has 0 spiro atoms. The molecule has 230 valence electrons. The van der Waals surface area contributed by atoms with E-state index in [9.17, 15) is 26.4 Å². The van der Waals surface area contributed by atoms with E-state index in [1.54, 1.807) is 19.1 Å². The molecule has 5 rings (SSSR count). The second kappa shape index (κ2) is 13.0. The Balaban J connectivity index is 1.25. The number of ether oxygens (including phenoxy) is 2. The number of carbonyl (C=O) groups excluding carboxylic acids is 1. The molecule has 2 aromatic carbocycles. The summed E-state index contributed by atoms with van der Waals surface area (Å²) in [6.45, 7) is 3.81. The maximum absolute atomic E-state index is 13.1. The Morgan fingerprint density at radius 2 is 1.79 bits per heavy atom. The van der Waals surface area contributed by atoms with Crippen molar-refractivity contribution in [1.82, 2.24) is 15.3 Å². The summed E-state index contributed by atoms with van der Waals surface area (Å²) in [5, 5.41) is 2.79. The highest BCUT2D eigenvalue weighted by Gasteiger charge is 2.36. The largest absolute Gasteiger partial charge is 0.416 e. The topological polar surface area (TPSA) is 111 Å². The summed E-state index contributed by atoms with van der Waals surface area (Å²) in [5.74, 6) is -0.0342. The third-order valence-corrected chi connectivity index (χ3v) is 9.56. The molecule has 1 aromatic heterocycles. The van der Waals surface area contributed by atoms with Gasteiger partial charge < -0.3 is 19.7 Å². The molecule has 9 nitrogen and oxygen atoms in total. The highest BCUT2D eigenvalue weighted by atomic mass is 32.2. The van der Waals surface area contributed by atoms with Crippen LogP contribution in [-0.4, -0.2) is 68.6 Å². The average molecular weight is 619 g/mol. The summed E-state index contributed by atoms with van der Waals surface area (Å²) < 4.78 is 74.7. The number of halogens is 3. The lowest BCUT2D eigenvalue weighted by Crippen LogP contribution is -2.36. The fraction of sp³-hybridized carbons (Fsp3) is 0.433. The average Bonchev–Trinajstić information content (AvgIpc) is 3.69. The van der Waals surface area contributed by atoms with Crippen molar-refractivity contribution in [2.45, 2.75) is 55.4 Å². The van der Waals surface area contributed by atoms with Gasteiger partial charge in [0.2, 0.25) is 5.95 Å². The number of hydrogen-bond acceptors (Lipinski definition) is 8. The molecule has 2 aliphatic rings. The fourth-order valence-corrected chi connectivity index (χ4v) is 6.13. The summed E-state index contributed by atoms with van der Waals surface area (Å²) >= 11 is 0. The lowest BCUT2D eigenvalue weighted by molar-refractivity contribution is -0.137. The molecule has 3 aromatic rings. The van der Waals surface area contributed by atoms with Crippen LogP contribution in [-0.2, 0) is 32.0 Å². The van der Waals surface area contributed by atoms with E-state index in [0.717, 1.165) is 29.7 Å². The van der Waals surface area contributed by atoms with Gasteiger partial charge in [-0.25, -0.2) is 18.4 Å². The van der Waals surface area contributed by atoms with Gasteiger partial charge in [0.05, 0.1) is 47.1 Å². The first-order valence-corrected chi connectivity index (χ1v) is 15.7. The number of hydrogen-bond donors (Lipinski definition) is 1. The van der Waals surface area contributed by atoms with Gasteiger partial charge in [-0.05, 0) is 48.2 Å². The number of nitrogens with one attached hydrogen (secondary N) is 1. The van der Waals surface area contributed by atoms with E-state index in [-0.39, 0.29) is 46.7 Å². The van der Waals surface area contributed by atoms with Crippen LogP contribution < -0.4 is 10.2 Å². The van der Waals surface area contributed by atoms with Crippen LogP contribution in [0, 0.1) is 0 Å². The van der Waals surface area contributed by atoms with Crippen molar-refractivity contribution in [2.24, 2.45) is 0 Å². The molecule has 2 aliphatic heterocycles. The zero-order valence-corrected chi connectivity index (χ0v) is 24.4. The predicted molar refractivity (Wildman–Crippen MR) is 152 cm³/mol. The van der Waals surface area contributed by atoms with Gasteiger partial charge >= 0.3 is 6.18 Å². The lowest BCUT2D eigenvalue weighted by Gasteiger charge is -2.25. The second-order valence-electron chi connectivity index (χ2n) is 10.7. The third kappa shape index (κ3) is 7.51. The van der Waals surface area contributed by atoms with Gasteiger partial charge in [0.15, 0.2) is 9.84 Å². The van der Waals surface area contributed by atoms with E-state index in [4.69, 9.17) is 9.47 Å². The first-order chi connectivity index (χ1) is 20.5. The summed E-state index contributed by atoms with van der Waals surface area (Å²) in [5.41, 5.74) is 1.10. The minimum absolute atomic E-state index is 0.00814. The molecule has 2 saturated heterocycles. The zero-order chi connectivity index (χ0) is 30.6. The maximum Gasteiger partial charge on any atom is 0.416 e. The molecule has 0 bridgehead atoms. The zero-order valence-electron chi connectivity index (χ0n) is 23.6. The van der Waals surface area contributed by atoms with Crippen LogP contribution in [0.1, 0.15) is 52.7 Å². The number of nitrogens with zero attached hydrogens (tertiary/aromatic N) is 3. The van der Waals surface area contributed by atoms with Crippen LogP contribution in [0.3, 0.4) is 0 Å². The number of aromatic nitrogens is 2. The minimum Gasteiger partial charge on any atom is -0.379 e. The van der Waals surface area contributed by atoms with Crippen molar-refractivity contribution in [3.8, 4) is 0 Å². The molecule has 0 saturated carbocycles. The molecule has 1 N–H and O–H groups in total. The first-order valence-electron chi connectivity index (χ1n) is 14.1. The van der Waals surface area contributed by atoms with Gasteiger partial charge in [0.1, 0.15) is 0 Å². The molecule has 0 aliphatic carbocycles. The monoisotopic (exact) mass is 618 g/mol. The van der Waals surface area contributed by atoms with Crippen molar-refractivity contribution >= 4 is 21.7 Å². The van der Waals surface area contributed by atoms with E-state index in [1.165, 1.54) is 36.7 Å². The SMILES string of the molecule is CCS(=O)(=O)c1ccc(CNC(=O)c2cnc(N3CC(c4ccc(C(F)(F)F)cc4)C[C@H]3CO[C@H]3CCOC3)nc2)cc1. The minimum atomic E-state index is -4.40. The normalized spacial score (nSPS) is 20.8. The molecule has 3 heterocycles. The number of sulfone groups is 1. The van der Waals surface area contributed by atoms with Gasteiger partial charge in [0, 0.05) is 38.0 Å². The van der Waals surface area contributed by atoms with E-state index < -0.39 is 21.6 Å². The Labute approximate surface area is 248 Å². The van der Waals surface area contributed by atoms with Crippen LogP contribution in [0.25, 0.3) is 0 Å². The van der Waals surface area contributed by atoms with Crippen molar-refractivity contribution < 1.29 is 35.9 Å². The lowest BCUT2D eigenvalue weighted by atomic mass is 9.95. The van der Waals surface area contributed by atoms with E-state index in [0.29, 0.717) is 38.7 Å². The Bertz CT molecular complexity index is 1490. The quantitative estimate of drug-likeness (QED) is 0.357. The van der Waals surface area contributed by atoms with E-state index in [1.807, 2.05) is 4.90 Å². The van der Waals surface area contributed by atoms with Gasteiger partial charge in [0.25, 0.3) is 5.91 Å². The van der Waals surface area contributed by atoms with Crippen LogP contribution in [0.5, 0.6) is 0 Å². The van der Waals surface area contributed by atoms with Crippen LogP contribution in [0.4, 0.5) is 19.1 Å². The summed E-state index contributed by atoms with van der Waals surface area (Å²) in [4.78, 5) is 23.9. The maximum atomic E-state index is 13.1. The van der Waals surface area contributed by atoms with Crippen molar-refractivity contribution in [2.75, 3.05) is 37.0 Å². The van der Waals surface area contributed by atoms with Gasteiger partial charge in [-0.1, -0.05) is 31.2 Å². The molecule has 1 unspecified atom stereocenters. The highest BCUT2D eigenvalue weighted by Crippen LogP contribution is 2.36. The Kier molecular flexibility index (Phi) is 9.33. The number of benzene rings is 2. The smallest absolute Gasteiger partial charge is 0.379 e. The number of carbonyl (C=O) groups is 1. The number of rotatable bonds is 10. The number of anilines is 1. The van der Waals surface area contributed by atoms with Gasteiger partial charge in [-0.3, -0.25) is 4.79 Å². The second-order valence-corrected chi connectivity index (χ2v) is 13.0. The summed E-state index contributed by atoms with van der Waals surface area (Å²) in [6, 6.07) is 11.5. The molecule has 43 heavy (non-hydrogen) atoms. The Morgan fingerprint density at radius 1 is 1.09 bits per heavy atom. The molecule has 0 radical (unpaired) electrons. The molecule has 13 heteroatoms. The summed E-state index contributed by atoms with van der Waals surface area (Å²) in [7, 11) is -3.30. The number of alkyl halides is 3. The first kappa shape index (κ1) is 30.9. The van der Waals surface area contributed by atoms with E-state index in [2.05, 4.69) is 15.3 Å². The summed E-state index contributed by atoms with van der Waals surface area (Å²) in [6.07, 6.45) is -0.0954. The standard InChI is InChI=1S/C30H33F3N4O5S/c1-2-43(39,40)27-9-3-20(4-10-27)14-34-28(38)23-15-35-29(36-16-23)37-17-22(13-25(37)18-42-26-11-12-41-19-26)21-5-7-24(8-6-21)30(31,32)33/h3-10,15-16,22,25-26H,2,11-14,17-19H2,1H3,(H,34,38)/t22?,25-,26-/m0/s1. The van der Waals surface area contributed by atoms with Gasteiger partial charge in [-0.15, -0.1) is 0 Å². The molecular weight excluding hydrogens is 585 g/mol.